The second-order valence-corrected chi connectivity index (χ2v) is 9.22. The van der Waals surface area contributed by atoms with Crippen molar-refractivity contribution in [1.82, 2.24) is 4.31 Å². The zero-order valence-electron chi connectivity index (χ0n) is 16.7. The molecule has 0 bridgehead atoms. The lowest BCUT2D eigenvalue weighted by atomic mass is 10.2. The Bertz CT molecular complexity index is 1000. The van der Waals surface area contributed by atoms with Crippen molar-refractivity contribution in [2.24, 2.45) is 0 Å². The summed E-state index contributed by atoms with van der Waals surface area (Å²) in [4.78, 5) is 12.5. The first-order valence-electron chi connectivity index (χ1n) is 9.68. The fraction of sp³-hybridized carbons (Fsp3) is 0.381. The summed E-state index contributed by atoms with van der Waals surface area (Å²) in [6.07, 6.45) is 2.76. The van der Waals surface area contributed by atoms with Gasteiger partial charge in [0.1, 0.15) is 5.82 Å². The maximum Gasteiger partial charge on any atom is 0.243 e. The molecule has 8 heteroatoms. The first-order valence-corrected chi connectivity index (χ1v) is 11.1. The minimum Gasteiger partial charge on any atom is -0.376 e. The minimum absolute atomic E-state index is 0.0649. The molecular weight excluding hydrogens is 393 g/mol. The number of amides is 1. The van der Waals surface area contributed by atoms with Crippen LogP contribution in [-0.4, -0.2) is 38.3 Å². The smallest absolute Gasteiger partial charge is 0.243 e. The molecule has 0 atom stereocenters. The molecule has 2 aromatic rings. The second kappa shape index (κ2) is 8.92. The number of carbonyl (C=O) groups excluding carboxylic acids is 1. The molecule has 1 aliphatic heterocycles. The van der Waals surface area contributed by atoms with Gasteiger partial charge in [-0.2, -0.15) is 4.31 Å². The molecule has 1 aliphatic rings. The molecular formula is C21H26FN3O3S. The Balaban J connectivity index is 1.68. The molecule has 2 aromatic carbocycles. The average Bonchev–Trinajstić information content (AvgIpc) is 2.71. The molecule has 1 heterocycles. The van der Waals surface area contributed by atoms with Gasteiger partial charge in [-0.15, -0.1) is 0 Å². The van der Waals surface area contributed by atoms with Crippen LogP contribution in [0.5, 0.6) is 0 Å². The Morgan fingerprint density at radius 1 is 1.00 bits per heavy atom. The summed E-state index contributed by atoms with van der Waals surface area (Å²) in [6, 6.07) is 9.53. The Hall–Kier alpha value is -2.45. The summed E-state index contributed by atoms with van der Waals surface area (Å²) in [5, 5.41) is 5.56. The molecule has 0 radical (unpaired) electrons. The maximum atomic E-state index is 13.6. The number of nitrogens with zero attached hydrogens (tertiary/aromatic N) is 1. The summed E-state index contributed by atoms with van der Waals surface area (Å²) < 4.78 is 41.1. The van der Waals surface area contributed by atoms with Gasteiger partial charge in [0.2, 0.25) is 15.9 Å². The number of benzene rings is 2. The summed E-state index contributed by atoms with van der Waals surface area (Å²) >= 11 is 0. The van der Waals surface area contributed by atoms with Crippen molar-refractivity contribution in [2.75, 3.05) is 30.3 Å². The zero-order chi connectivity index (χ0) is 21.0. The Morgan fingerprint density at radius 3 is 2.34 bits per heavy atom. The fourth-order valence-corrected chi connectivity index (χ4v) is 5.06. The van der Waals surface area contributed by atoms with Crippen molar-refractivity contribution in [3.63, 3.8) is 0 Å². The first kappa shape index (κ1) is 21.3. The molecule has 1 fully saturated rings. The number of halogens is 1. The highest BCUT2D eigenvalue weighted by Crippen LogP contribution is 2.26. The van der Waals surface area contributed by atoms with E-state index in [1.165, 1.54) is 16.4 Å². The summed E-state index contributed by atoms with van der Waals surface area (Å²) in [7, 11) is -3.59. The van der Waals surface area contributed by atoms with Crippen LogP contribution in [0.3, 0.4) is 0 Å². The third-order valence-electron chi connectivity index (χ3n) is 5.03. The number of piperidine rings is 1. The van der Waals surface area contributed by atoms with E-state index in [9.17, 15) is 17.6 Å². The Kier molecular flexibility index (Phi) is 6.54. The number of hydrogen-bond donors (Lipinski definition) is 2. The van der Waals surface area contributed by atoms with E-state index in [4.69, 9.17) is 0 Å². The van der Waals surface area contributed by atoms with Gasteiger partial charge in [-0.25, -0.2) is 12.8 Å². The number of nitrogens with one attached hydrogen (secondary N) is 2. The van der Waals surface area contributed by atoms with Crippen LogP contribution in [0, 0.1) is 19.7 Å². The Labute approximate surface area is 171 Å². The summed E-state index contributed by atoms with van der Waals surface area (Å²) in [5.74, 6) is -0.697. The predicted molar refractivity (Wildman–Crippen MR) is 112 cm³/mol. The van der Waals surface area contributed by atoms with Crippen molar-refractivity contribution < 1.29 is 17.6 Å². The van der Waals surface area contributed by atoms with Crippen LogP contribution in [0.4, 0.5) is 15.8 Å². The van der Waals surface area contributed by atoms with Crippen LogP contribution >= 0.6 is 0 Å². The largest absolute Gasteiger partial charge is 0.376 e. The van der Waals surface area contributed by atoms with Gasteiger partial charge in [-0.05, 0) is 62.1 Å². The normalized spacial score (nSPS) is 15.1. The quantitative estimate of drug-likeness (QED) is 0.749. The number of rotatable bonds is 6. The van der Waals surface area contributed by atoms with E-state index in [1.54, 1.807) is 38.1 Å². The SMILES string of the molecule is Cc1ccc(NCC(=O)Nc2ccc(C)c(S(=O)(=O)N3CCCCC3)c2)cc1F. The topological polar surface area (TPSA) is 78.5 Å². The van der Waals surface area contributed by atoms with Gasteiger partial charge in [0, 0.05) is 24.5 Å². The van der Waals surface area contributed by atoms with Crippen LogP contribution in [0.25, 0.3) is 0 Å². The number of carbonyl (C=O) groups is 1. The molecule has 3 rings (SSSR count). The first-order chi connectivity index (χ1) is 13.8. The third kappa shape index (κ3) is 5.13. The van der Waals surface area contributed by atoms with Gasteiger partial charge < -0.3 is 10.6 Å². The molecule has 1 saturated heterocycles. The van der Waals surface area contributed by atoms with Gasteiger partial charge in [0.15, 0.2) is 0 Å². The minimum atomic E-state index is -3.59. The standard InChI is InChI=1S/C21H26FN3O3S/c1-15-6-8-17(12-19(15)22)23-14-21(26)24-18-9-7-16(2)20(13-18)29(27,28)25-10-4-3-5-11-25/h6-9,12-13,23H,3-5,10-11,14H2,1-2H3,(H,24,26). The monoisotopic (exact) mass is 419 g/mol. The van der Waals surface area contributed by atoms with E-state index in [-0.39, 0.29) is 23.2 Å². The highest BCUT2D eigenvalue weighted by Gasteiger charge is 2.27. The molecule has 6 nitrogen and oxygen atoms in total. The van der Waals surface area contributed by atoms with Crippen molar-refractivity contribution >= 4 is 27.3 Å². The summed E-state index contributed by atoms with van der Waals surface area (Å²) in [6.45, 7) is 4.39. The van der Waals surface area contributed by atoms with Crippen molar-refractivity contribution in [1.29, 1.82) is 0 Å². The lowest BCUT2D eigenvalue weighted by Crippen LogP contribution is -2.36. The third-order valence-corrected chi connectivity index (χ3v) is 7.07. The summed E-state index contributed by atoms with van der Waals surface area (Å²) in [5.41, 5.74) is 2.08. The molecule has 0 aliphatic carbocycles. The number of hydrogen-bond acceptors (Lipinski definition) is 4. The van der Waals surface area contributed by atoms with Gasteiger partial charge in [0.25, 0.3) is 0 Å². The molecule has 0 saturated carbocycles. The Morgan fingerprint density at radius 2 is 1.66 bits per heavy atom. The van der Waals surface area contributed by atoms with E-state index >= 15 is 0 Å². The van der Waals surface area contributed by atoms with Gasteiger partial charge in [-0.3, -0.25) is 4.79 Å². The highest BCUT2D eigenvalue weighted by atomic mass is 32.2. The van der Waals surface area contributed by atoms with Crippen LogP contribution in [0.2, 0.25) is 0 Å². The second-order valence-electron chi connectivity index (χ2n) is 7.31. The number of sulfonamides is 1. The van der Waals surface area contributed by atoms with Crippen molar-refractivity contribution in [3.8, 4) is 0 Å². The molecule has 0 spiro atoms. The fourth-order valence-electron chi connectivity index (χ4n) is 3.29. The molecule has 2 N–H and O–H groups in total. The van der Waals surface area contributed by atoms with Gasteiger partial charge >= 0.3 is 0 Å². The van der Waals surface area contributed by atoms with E-state index in [0.717, 1.165) is 19.3 Å². The molecule has 156 valence electrons. The van der Waals surface area contributed by atoms with Crippen LogP contribution in [0.15, 0.2) is 41.3 Å². The average molecular weight is 420 g/mol. The molecule has 1 amide bonds. The van der Waals surface area contributed by atoms with Gasteiger partial charge in [0.05, 0.1) is 11.4 Å². The van der Waals surface area contributed by atoms with Crippen LogP contribution in [-0.2, 0) is 14.8 Å². The van der Waals surface area contributed by atoms with E-state index < -0.39 is 10.0 Å². The van der Waals surface area contributed by atoms with Crippen molar-refractivity contribution in [2.45, 2.75) is 38.0 Å². The highest BCUT2D eigenvalue weighted by molar-refractivity contribution is 7.89. The van der Waals surface area contributed by atoms with E-state index in [0.29, 0.717) is 35.6 Å². The lowest BCUT2D eigenvalue weighted by Gasteiger charge is -2.26. The maximum absolute atomic E-state index is 13.6. The van der Waals surface area contributed by atoms with E-state index in [2.05, 4.69) is 10.6 Å². The zero-order valence-corrected chi connectivity index (χ0v) is 17.5. The van der Waals surface area contributed by atoms with Crippen LogP contribution < -0.4 is 10.6 Å². The van der Waals surface area contributed by atoms with Crippen LogP contribution in [0.1, 0.15) is 30.4 Å². The van der Waals surface area contributed by atoms with E-state index in [1.807, 2.05) is 0 Å². The van der Waals surface area contributed by atoms with Crippen molar-refractivity contribution in [3.05, 3.63) is 53.3 Å². The van der Waals surface area contributed by atoms with Gasteiger partial charge in [-0.1, -0.05) is 18.6 Å². The molecule has 0 unspecified atom stereocenters. The molecule has 29 heavy (non-hydrogen) atoms. The lowest BCUT2D eigenvalue weighted by molar-refractivity contribution is -0.114. The number of anilines is 2. The number of aryl methyl sites for hydroxylation is 2. The predicted octanol–water partition coefficient (Wildman–Crippen LogP) is 3.67. The molecule has 0 aromatic heterocycles.